The fourth-order valence-corrected chi connectivity index (χ4v) is 0.289. The summed E-state index contributed by atoms with van der Waals surface area (Å²) in [5.41, 5.74) is 0. The average Bonchev–Trinajstić information content (AvgIpc) is 1.65. The van der Waals surface area contributed by atoms with Crippen LogP contribution in [0.2, 0.25) is 3.63 Å². The second kappa shape index (κ2) is 4.05. The van der Waals surface area contributed by atoms with Gasteiger partial charge in [-0.3, -0.25) is 0 Å². The molecule has 0 aromatic carbocycles. The average molecular weight is 280 g/mol. The third-order valence-corrected chi connectivity index (χ3v) is 3.78. The molecule has 0 heterocycles. The van der Waals surface area contributed by atoms with Crippen LogP contribution in [0.15, 0.2) is 0 Å². The molecule has 0 bridgehead atoms. The van der Waals surface area contributed by atoms with Gasteiger partial charge in [0, 0.05) is 0 Å². The SMILES string of the molecule is CC[CH]([Bi])CC. The van der Waals surface area contributed by atoms with Crippen LogP contribution in [0.25, 0.3) is 0 Å². The van der Waals surface area contributed by atoms with Crippen molar-refractivity contribution in [2.45, 2.75) is 30.3 Å². The second-order valence-corrected chi connectivity index (χ2v) is 4.31. The van der Waals surface area contributed by atoms with Crippen molar-refractivity contribution in [3.8, 4) is 0 Å². The van der Waals surface area contributed by atoms with Gasteiger partial charge in [0.15, 0.2) is 0 Å². The molecule has 0 saturated heterocycles. The summed E-state index contributed by atoms with van der Waals surface area (Å²) in [7, 11) is 0. The minimum atomic E-state index is 1.05. The molecule has 0 rings (SSSR count). The van der Waals surface area contributed by atoms with Gasteiger partial charge < -0.3 is 0 Å². The number of hydrogen-bond donors (Lipinski definition) is 0. The van der Waals surface area contributed by atoms with Crippen LogP contribution in [0.3, 0.4) is 0 Å². The molecule has 0 nitrogen and oxygen atoms in total. The van der Waals surface area contributed by atoms with E-state index in [1.54, 1.807) is 24.7 Å². The minimum absolute atomic E-state index is 1.05. The fraction of sp³-hybridized carbons (Fsp3) is 1.00. The first-order chi connectivity index (χ1) is 2.81. The van der Waals surface area contributed by atoms with Crippen LogP contribution in [-0.4, -0.2) is 24.7 Å². The number of rotatable bonds is 2. The standard InChI is InChI=1S/C5H11.Bi/c1-3-5-4-2;/h5H,3-4H2,1-2H3;. The molecule has 0 N–H and O–H groups in total. The van der Waals surface area contributed by atoms with Crippen molar-refractivity contribution >= 4 is 24.7 Å². The van der Waals surface area contributed by atoms with E-state index in [-0.39, 0.29) is 0 Å². The molecule has 1 heteroatoms. The van der Waals surface area contributed by atoms with E-state index < -0.39 is 0 Å². The molecule has 36 valence electrons. The molecule has 0 aliphatic carbocycles. The second-order valence-electron chi connectivity index (χ2n) is 1.47. The summed E-state index contributed by atoms with van der Waals surface area (Å²) in [6, 6.07) is 0. The van der Waals surface area contributed by atoms with Crippen molar-refractivity contribution in [1.29, 1.82) is 0 Å². The summed E-state index contributed by atoms with van der Waals surface area (Å²) < 4.78 is 1.05. The maximum absolute atomic E-state index is 2.26. The van der Waals surface area contributed by atoms with Crippen molar-refractivity contribution in [3.05, 3.63) is 0 Å². The Morgan fingerprint density at radius 3 is 1.67 bits per heavy atom. The quantitative estimate of drug-likeness (QED) is 0.676. The normalized spacial score (nSPS) is 10.0. The predicted octanol–water partition coefficient (Wildman–Crippen LogP) is 1.76. The van der Waals surface area contributed by atoms with Gasteiger partial charge in [-0.25, -0.2) is 0 Å². The van der Waals surface area contributed by atoms with Crippen LogP contribution in [-0.2, 0) is 0 Å². The molecular weight excluding hydrogens is 269 g/mol. The van der Waals surface area contributed by atoms with Crippen molar-refractivity contribution in [2.24, 2.45) is 0 Å². The van der Waals surface area contributed by atoms with Gasteiger partial charge in [0.05, 0.1) is 0 Å². The monoisotopic (exact) mass is 280 g/mol. The Morgan fingerprint density at radius 2 is 1.67 bits per heavy atom. The molecule has 0 atom stereocenters. The Bertz CT molecular complexity index is 23.1. The first-order valence-corrected chi connectivity index (χ1v) is 4.50. The van der Waals surface area contributed by atoms with Crippen LogP contribution >= 0.6 is 0 Å². The van der Waals surface area contributed by atoms with Gasteiger partial charge in [0.25, 0.3) is 0 Å². The summed E-state index contributed by atoms with van der Waals surface area (Å²) in [4.78, 5) is 0. The van der Waals surface area contributed by atoms with Gasteiger partial charge in [0.2, 0.25) is 0 Å². The molecular formula is C5H11Bi. The van der Waals surface area contributed by atoms with E-state index >= 15 is 0 Å². The summed E-state index contributed by atoms with van der Waals surface area (Å²) in [6.45, 7) is 4.52. The van der Waals surface area contributed by atoms with E-state index in [1.807, 2.05) is 0 Å². The summed E-state index contributed by atoms with van der Waals surface area (Å²) >= 11 is 1.57. The summed E-state index contributed by atoms with van der Waals surface area (Å²) in [6.07, 6.45) is 2.76. The first-order valence-electron chi connectivity index (χ1n) is 2.49. The van der Waals surface area contributed by atoms with E-state index in [4.69, 9.17) is 0 Å². The van der Waals surface area contributed by atoms with E-state index in [9.17, 15) is 0 Å². The molecule has 0 amide bonds. The molecule has 0 fully saturated rings. The molecule has 6 heavy (non-hydrogen) atoms. The molecule has 0 aliphatic rings. The van der Waals surface area contributed by atoms with Crippen LogP contribution in [0.4, 0.5) is 0 Å². The van der Waals surface area contributed by atoms with Crippen LogP contribution in [0, 0.1) is 0 Å². The Morgan fingerprint density at radius 1 is 1.33 bits per heavy atom. The number of hydrogen-bond acceptors (Lipinski definition) is 0. The third kappa shape index (κ3) is 3.09. The van der Waals surface area contributed by atoms with E-state index in [1.165, 1.54) is 12.8 Å². The molecule has 2 radical (unpaired) electrons. The van der Waals surface area contributed by atoms with Gasteiger partial charge in [-0.05, 0) is 0 Å². The van der Waals surface area contributed by atoms with Crippen LogP contribution in [0.5, 0.6) is 0 Å². The molecule has 0 saturated carbocycles. The van der Waals surface area contributed by atoms with E-state index in [2.05, 4.69) is 13.8 Å². The van der Waals surface area contributed by atoms with Crippen LogP contribution < -0.4 is 0 Å². The van der Waals surface area contributed by atoms with Crippen LogP contribution in [0.1, 0.15) is 26.7 Å². The van der Waals surface area contributed by atoms with Gasteiger partial charge in [-0.2, -0.15) is 0 Å². The van der Waals surface area contributed by atoms with Crippen molar-refractivity contribution < 1.29 is 0 Å². The molecule has 0 aromatic heterocycles. The fourth-order valence-electron chi connectivity index (χ4n) is 0.289. The molecule has 0 aromatic rings. The van der Waals surface area contributed by atoms with Gasteiger partial charge >= 0.3 is 55.0 Å². The van der Waals surface area contributed by atoms with Gasteiger partial charge in [-0.1, -0.05) is 0 Å². The Kier molecular flexibility index (Phi) is 4.65. The first kappa shape index (κ1) is 6.88. The summed E-state index contributed by atoms with van der Waals surface area (Å²) in [5, 5.41) is 0. The molecule has 0 spiro atoms. The van der Waals surface area contributed by atoms with Crippen molar-refractivity contribution in [1.82, 2.24) is 0 Å². The van der Waals surface area contributed by atoms with Gasteiger partial charge in [0.1, 0.15) is 0 Å². The third-order valence-electron chi connectivity index (χ3n) is 0.942. The topological polar surface area (TPSA) is 0 Å². The zero-order valence-corrected chi connectivity index (χ0v) is 7.92. The Labute approximate surface area is 55.2 Å². The maximum atomic E-state index is 2.26. The zero-order valence-electron chi connectivity index (χ0n) is 4.44. The molecule has 0 unspecified atom stereocenters. The Hall–Kier alpha value is 0.883. The van der Waals surface area contributed by atoms with E-state index in [0.29, 0.717) is 0 Å². The Balaban J connectivity index is 2.75. The predicted molar refractivity (Wildman–Crippen MR) is 30.1 cm³/mol. The molecule has 0 aliphatic heterocycles. The van der Waals surface area contributed by atoms with Crippen molar-refractivity contribution in [3.63, 3.8) is 0 Å². The zero-order chi connectivity index (χ0) is 4.99. The van der Waals surface area contributed by atoms with E-state index in [0.717, 1.165) is 3.63 Å². The van der Waals surface area contributed by atoms with Crippen molar-refractivity contribution in [2.75, 3.05) is 0 Å². The van der Waals surface area contributed by atoms with Gasteiger partial charge in [-0.15, -0.1) is 0 Å². The summed E-state index contributed by atoms with van der Waals surface area (Å²) in [5.74, 6) is 0.